The van der Waals surface area contributed by atoms with Crippen molar-refractivity contribution in [3.05, 3.63) is 209 Å². The predicted molar refractivity (Wildman–Crippen MR) is 245 cm³/mol. The van der Waals surface area contributed by atoms with E-state index in [9.17, 15) is 0 Å². The van der Waals surface area contributed by atoms with E-state index in [2.05, 4.69) is 222 Å². The van der Waals surface area contributed by atoms with Gasteiger partial charge in [-0.15, -0.1) is 0 Å². The monoisotopic (exact) mass is 745 g/mol. The van der Waals surface area contributed by atoms with Crippen LogP contribution in [0.2, 0.25) is 0 Å². The molecule has 0 spiro atoms. The highest BCUT2D eigenvalue weighted by molar-refractivity contribution is 5.93. The number of anilines is 3. The summed E-state index contributed by atoms with van der Waals surface area (Å²) < 4.78 is 0. The highest BCUT2D eigenvalue weighted by atomic mass is 15.1. The molecule has 0 N–H and O–H groups in total. The van der Waals surface area contributed by atoms with Gasteiger partial charge in [-0.25, -0.2) is 0 Å². The summed E-state index contributed by atoms with van der Waals surface area (Å²) in [5.41, 5.74) is 24.4. The Balaban J connectivity index is 1.12. The molecule has 0 saturated carbocycles. The van der Waals surface area contributed by atoms with Gasteiger partial charge in [0.15, 0.2) is 0 Å². The molecule has 0 radical (unpaired) electrons. The lowest BCUT2D eigenvalue weighted by molar-refractivity contribution is 0.660. The van der Waals surface area contributed by atoms with Gasteiger partial charge >= 0.3 is 0 Å². The van der Waals surface area contributed by atoms with Crippen LogP contribution in [0, 0.1) is 0 Å². The van der Waals surface area contributed by atoms with E-state index >= 15 is 0 Å². The molecule has 280 valence electrons. The van der Waals surface area contributed by atoms with Crippen molar-refractivity contribution in [2.24, 2.45) is 0 Å². The molecule has 58 heavy (non-hydrogen) atoms. The quantitative estimate of drug-likeness (QED) is 0.170. The van der Waals surface area contributed by atoms with Crippen LogP contribution in [0.3, 0.4) is 0 Å². The van der Waals surface area contributed by atoms with Gasteiger partial charge in [-0.3, -0.25) is 0 Å². The lowest BCUT2D eigenvalue weighted by atomic mass is 9.81. The zero-order valence-corrected chi connectivity index (χ0v) is 34.2. The fourth-order valence-electron chi connectivity index (χ4n) is 10.8. The van der Waals surface area contributed by atoms with Gasteiger partial charge < -0.3 is 4.90 Å². The third-order valence-corrected chi connectivity index (χ3v) is 13.9. The maximum Gasteiger partial charge on any atom is 0.0468 e. The minimum absolute atomic E-state index is 0.0758. The summed E-state index contributed by atoms with van der Waals surface area (Å²) in [5.74, 6) is 0. The minimum atomic E-state index is -0.116. The molecule has 0 saturated heterocycles. The van der Waals surface area contributed by atoms with Crippen molar-refractivity contribution >= 4 is 17.1 Å². The first-order chi connectivity index (χ1) is 28.0. The summed E-state index contributed by atoms with van der Waals surface area (Å²) in [6.45, 7) is 14.2. The van der Waals surface area contributed by atoms with E-state index in [0.717, 1.165) is 17.1 Å². The second-order valence-corrected chi connectivity index (χ2v) is 18.2. The average molecular weight is 746 g/mol. The maximum absolute atomic E-state index is 2.50. The van der Waals surface area contributed by atoms with Crippen LogP contribution in [-0.2, 0) is 16.2 Å². The van der Waals surface area contributed by atoms with Crippen molar-refractivity contribution in [3.63, 3.8) is 0 Å². The summed E-state index contributed by atoms with van der Waals surface area (Å²) in [4.78, 5) is 2.50. The topological polar surface area (TPSA) is 3.24 Å². The first-order valence-corrected chi connectivity index (χ1v) is 20.8. The molecule has 0 bridgehead atoms. The number of hydrogen-bond acceptors (Lipinski definition) is 1. The number of fused-ring (bicyclic) bond motifs is 9. The first-order valence-electron chi connectivity index (χ1n) is 20.8. The molecular weight excluding hydrogens is 699 g/mol. The Morgan fingerprint density at radius 2 is 0.621 bits per heavy atom. The standard InChI is InChI=1S/C57H47N/c1-55(2)49-21-13-10-18-42(49)45-28-24-37(32-52(45)55)41-29-25-38(33-48(41)36-16-8-7-9-17-36)58(39-26-30-46-43-19-11-14-22-50(43)56(3,4)53(46)34-39)40-27-31-47-44-20-12-15-23-51(44)57(5,6)54(47)35-40/h7-35H,1-6H3. The smallest absolute Gasteiger partial charge is 0.0468 e. The van der Waals surface area contributed by atoms with Crippen LogP contribution in [-0.4, -0.2) is 0 Å². The van der Waals surface area contributed by atoms with Gasteiger partial charge in [0, 0.05) is 33.3 Å². The Bertz CT molecular complexity index is 2870. The van der Waals surface area contributed by atoms with Crippen LogP contribution >= 0.6 is 0 Å². The molecule has 8 aromatic carbocycles. The summed E-state index contributed by atoms with van der Waals surface area (Å²) >= 11 is 0. The van der Waals surface area contributed by atoms with E-state index in [4.69, 9.17) is 0 Å². The van der Waals surface area contributed by atoms with Crippen molar-refractivity contribution in [2.45, 2.75) is 57.8 Å². The Morgan fingerprint density at radius 3 is 1.10 bits per heavy atom. The minimum Gasteiger partial charge on any atom is -0.310 e. The number of benzene rings is 8. The van der Waals surface area contributed by atoms with Gasteiger partial charge in [0.05, 0.1) is 0 Å². The fourth-order valence-corrected chi connectivity index (χ4v) is 10.8. The molecule has 11 rings (SSSR count). The Morgan fingerprint density at radius 1 is 0.259 bits per heavy atom. The lowest BCUT2D eigenvalue weighted by Crippen LogP contribution is -2.18. The Kier molecular flexibility index (Phi) is 7.36. The van der Waals surface area contributed by atoms with Crippen LogP contribution in [0.4, 0.5) is 17.1 Å². The van der Waals surface area contributed by atoms with E-state index in [1.54, 1.807) is 0 Å². The molecule has 0 heterocycles. The predicted octanol–water partition coefficient (Wildman–Crippen LogP) is 15.4. The van der Waals surface area contributed by atoms with Gasteiger partial charge in [-0.1, -0.05) is 175 Å². The molecule has 0 amide bonds. The highest BCUT2D eigenvalue weighted by Gasteiger charge is 2.38. The highest BCUT2D eigenvalue weighted by Crippen LogP contribution is 2.54. The van der Waals surface area contributed by atoms with Gasteiger partial charge in [-0.2, -0.15) is 0 Å². The molecule has 3 aliphatic rings. The fraction of sp³-hybridized carbons (Fsp3) is 0.158. The van der Waals surface area contributed by atoms with Crippen LogP contribution in [0.15, 0.2) is 176 Å². The first kappa shape index (κ1) is 34.8. The van der Waals surface area contributed by atoms with Crippen molar-refractivity contribution in [2.75, 3.05) is 4.90 Å². The van der Waals surface area contributed by atoms with Crippen LogP contribution < -0.4 is 4.90 Å². The van der Waals surface area contributed by atoms with Crippen LogP contribution in [0.25, 0.3) is 55.6 Å². The Hall–Kier alpha value is -6.44. The number of hydrogen-bond donors (Lipinski definition) is 0. The summed E-state index contributed by atoms with van der Waals surface area (Å²) in [6.07, 6.45) is 0. The van der Waals surface area contributed by atoms with Crippen LogP contribution in [0.1, 0.15) is 74.9 Å². The molecular formula is C57H47N. The van der Waals surface area contributed by atoms with E-state index < -0.39 is 0 Å². The van der Waals surface area contributed by atoms with Crippen molar-refractivity contribution in [1.82, 2.24) is 0 Å². The van der Waals surface area contributed by atoms with E-state index in [-0.39, 0.29) is 16.2 Å². The van der Waals surface area contributed by atoms with Gasteiger partial charge in [-0.05, 0) is 131 Å². The van der Waals surface area contributed by atoms with Gasteiger partial charge in [0.1, 0.15) is 0 Å². The Labute approximate surface area is 343 Å². The largest absolute Gasteiger partial charge is 0.310 e. The third-order valence-electron chi connectivity index (χ3n) is 13.9. The van der Waals surface area contributed by atoms with E-state index in [1.807, 2.05) is 0 Å². The van der Waals surface area contributed by atoms with E-state index in [1.165, 1.54) is 89.0 Å². The SMILES string of the molecule is CC1(C)c2ccccc2-c2ccc(-c3ccc(N(c4ccc5c(c4)C(C)(C)c4ccccc4-5)c4ccc5c(c4)C(C)(C)c4ccccc4-5)cc3-c3ccccc3)cc21. The summed E-state index contributed by atoms with van der Waals surface area (Å²) in [6, 6.07) is 66.3. The molecule has 1 heteroatoms. The van der Waals surface area contributed by atoms with Crippen molar-refractivity contribution in [1.29, 1.82) is 0 Å². The second kappa shape index (κ2) is 12.3. The third kappa shape index (κ3) is 4.89. The molecule has 0 atom stereocenters. The lowest BCUT2D eigenvalue weighted by Gasteiger charge is -2.30. The second-order valence-electron chi connectivity index (χ2n) is 18.2. The van der Waals surface area contributed by atoms with Crippen molar-refractivity contribution < 1.29 is 0 Å². The molecule has 1 nitrogen and oxygen atoms in total. The number of rotatable bonds is 5. The zero-order valence-electron chi connectivity index (χ0n) is 34.2. The summed E-state index contributed by atoms with van der Waals surface area (Å²) in [7, 11) is 0. The molecule has 3 aliphatic carbocycles. The molecule has 0 aliphatic heterocycles. The molecule has 8 aromatic rings. The number of nitrogens with zero attached hydrogens (tertiary/aromatic N) is 1. The molecule has 0 aromatic heterocycles. The van der Waals surface area contributed by atoms with Crippen molar-refractivity contribution in [3.8, 4) is 55.6 Å². The summed E-state index contributed by atoms with van der Waals surface area (Å²) in [5, 5.41) is 0. The molecule has 0 unspecified atom stereocenters. The molecule has 0 fully saturated rings. The van der Waals surface area contributed by atoms with Gasteiger partial charge in [0.2, 0.25) is 0 Å². The average Bonchev–Trinajstić information content (AvgIpc) is 3.73. The van der Waals surface area contributed by atoms with Gasteiger partial charge in [0.25, 0.3) is 0 Å². The van der Waals surface area contributed by atoms with E-state index in [0.29, 0.717) is 0 Å². The maximum atomic E-state index is 2.50. The zero-order chi connectivity index (χ0) is 39.6. The normalized spacial score (nSPS) is 15.5. The van der Waals surface area contributed by atoms with Crippen LogP contribution in [0.5, 0.6) is 0 Å².